The van der Waals surface area contributed by atoms with Crippen molar-refractivity contribution in [1.29, 1.82) is 0 Å². The summed E-state index contributed by atoms with van der Waals surface area (Å²) >= 11 is 6.07. The van der Waals surface area contributed by atoms with Gasteiger partial charge in [-0.1, -0.05) is 17.7 Å². The Morgan fingerprint density at radius 1 is 1.36 bits per heavy atom. The van der Waals surface area contributed by atoms with Gasteiger partial charge in [-0.25, -0.2) is 9.55 Å². The van der Waals surface area contributed by atoms with Crippen LogP contribution in [0.1, 0.15) is 26.3 Å². The van der Waals surface area contributed by atoms with Gasteiger partial charge in [0, 0.05) is 23.3 Å². The highest BCUT2D eigenvalue weighted by Gasteiger charge is 2.32. The van der Waals surface area contributed by atoms with Crippen LogP contribution in [0.5, 0.6) is 0 Å². The molecular formula is C18H23ClN6O6P2. The molecule has 2 aromatic heterocycles. The van der Waals surface area contributed by atoms with Crippen LogP contribution < -0.4 is 15.5 Å². The lowest BCUT2D eigenvalue weighted by Crippen LogP contribution is -2.13. The minimum atomic E-state index is -4.93. The minimum absolute atomic E-state index is 0.104. The lowest BCUT2D eigenvalue weighted by molar-refractivity contribution is -0.168. The van der Waals surface area contributed by atoms with E-state index in [2.05, 4.69) is 25.6 Å². The molecule has 0 amide bonds. The fourth-order valence-electron chi connectivity index (χ4n) is 2.85. The van der Waals surface area contributed by atoms with Crippen molar-refractivity contribution >= 4 is 61.0 Å². The van der Waals surface area contributed by atoms with E-state index in [-0.39, 0.29) is 25.6 Å². The molecule has 0 saturated heterocycles. The zero-order valence-corrected chi connectivity index (χ0v) is 20.3. The first-order chi connectivity index (χ1) is 15.6. The summed E-state index contributed by atoms with van der Waals surface area (Å²) < 4.78 is 17.9. The van der Waals surface area contributed by atoms with Gasteiger partial charge in [-0.2, -0.15) is 14.9 Å². The number of aromatic nitrogens is 4. The third kappa shape index (κ3) is 6.69. The van der Waals surface area contributed by atoms with Crippen molar-refractivity contribution in [3.63, 3.8) is 0 Å². The van der Waals surface area contributed by atoms with Crippen LogP contribution in [0.15, 0.2) is 30.6 Å². The van der Waals surface area contributed by atoms with E-state index >= 15 is 0 Å². The van der Waals surface area contributed by atoms with Crippen molar-refractivity contribution in [3.05, 3.63) is 35.6 Å². The molecule has 0 spiro atoms. The maximum Gasteiger partial charge on any atom is 0.425 e. The van der Waals surface area contributed by atoms with Gasteiger partial charge in [-0.15, -0.1) is 0 Å². The summed E-state index contributed by atoms with van der Waals surface area (Å²) in [5.41, 5.74) is 1.91. The molecule has 0 fully saturated rings. The van der Waals surface area contributed by atoms with Crippen LogP contribution in [-0.2, 0) is 9.30 Å². The van der Waals surface area contributed by atoms with Crippen molar-refractivity contribution < 1.29 is 28.9 Å². The van der Waals surface area contributed by atoms with Crippen LogP contribution in [0.2, 0.25) is 5.02 Å². The van der Waals surface area contributed by atoms with E-state index in [1.807, 2.05) is 24.5 Å². The topological polar surface area (TPSA) is 178 Å². The fourth-order valence-corrected chi connectivity index (χ4v) is 4.39. The molecule has 0 aliphatic heterocycles. The average molecular weight is 517 g/mol. The van der Waals surface area contributed by atoms with E-state index in [1.54, 1.807) is 24.5 Å². The SMILES string of the molecule is CC(C)n1cnc2c(Nc3cccc(Cl)c3)nc(NCCCO/C(=[P+](/[O-])O)P(=O)(O)O)nc21. The van der Waals surface area contributed by atoms with E-state index in [1.165, 1.54) is 0 Å². The normalized spacial score (nSPS) is 12.8. The molecule has 0 aliphatic carbocycles. The Kier molecular flexibility index (Phi) is 8.38. The first-order valence-electron chi connectivity index (χ1n) is 9.79. The van der Waals surface area contributed by atoms with E-state index < -0.39 is 20.8 Å². The zero-order chi connectivity index (χ0) is 24.2. The Balaban J connectivity index is 1.76. The molecule has 3 aromatic rings. The van der Waals surface area contributed by atoms with Gasteiger partial charge < -0.3 is 34.6 Å². The number of halogens is 1. The van der Waals surface area contributed by atoms with Crippen molar-refractivity contribution in [2.24, 2.45) is 0 Å². The first-order valence-corrected chi connectivity index (χ1v) is 13.0. The molecule has 15 heteroatoms. The molecule has 3 rings (SSSR count). The molecule has 0 radical (unpaired) electrons. The van der Waals surface area contributed by atoms with E-state index in [9.17, 15) is 9.46 Å². The third-order valence-electron chi connectivity index (χ3n) is 4.31. The highest BCUT2D eigenvalue weighted by Crippen LogP contribution is 2.42. The number of hydrogen-bond donors (Lipinski definition) is 5. The Morgan fingerprint density at radius 3 is 2.76 bits per heavy atom. The summed E-state index contributed by atoms with van der Waals surface area (Å²) in [5, 5.41) is 5.65. The molecule has 0 aliphatic rings. The second-order valence-electron chi connectivity index (χ2n) is 7.18. The minimum Gasteiger partial charge on any atom is -0.601 e. The van der Waals surface area contributed by atoms with Crippen molar-refractivity contribution in [1.82, 2.24) is 19.5 Å². The Hall–Kier alpha value is -2.14. The van der Waals surface area contributed by atoms with E-state index in [4.69, 9.17) is 31.0 Å². The molecule has 5 N–H and O–H groups in total. The number of fused-ring (bicyclic) bond motifs is 1. The van der Waals surface area contributed by atoms with Crippen LogP contribution in [0.3, 0.4) is 0 Å². The second-order valence-corrected chi connectivity index (χ2v) is 10.4. The number of anilines is 3. The van der Waals surface area contributed by atoms with E-state index in [0.29, 0.717) is 28.0 Å². The van der Waals surface area contributed by atoms with Crippen LogP contribution >= 0.6 is 27.2 Å². The van der Waals surface area contributed by atoms with Crippen LogP contribution in [0, 0.1) is 0 Å². The van der Waals surface area contributed by atoms with Crippen molar-refractivity contribution in [2.45, 2.75) is 26.3 Å². The maximum atomic E-state index is 11.2. The van der Waals surface area contributed by atoms with Gasteiger partial charge in [-0.3, -0.25) is 0 Å². The number of benzene rings is 1. The number of hydrogen-bond acceptors (Lipinski definition) is 9. The zero-order valence-electron chi connectivity index (χ0n) is 17.7. The quantitative estimate of drug-likeness (QED) is 0.197. The van der Waals surface area contributed by atoms with Gasteiger partial charge in [0.25, 0.3) is 8.00 Å². The van der Waals surface area contributed by atoms with Gasteiger partial charge in [-0.05, 0) is 38.5 Å². The van der Waals surface area contributed by atoms with Gasteiger partial charge >= 0.3 is 12.8 Å². The molecule has 1 aromatic carbocycles. The first kappa shape index (κ1) is 25.5. The standard InChI is InChI=1S/C18H23ClN6O6P2/c1-11(2)25-10-21-14-15(22-13-6-3-5-12(19)9-13)23-17(24-16(14)25)20-7-4-8-31-18(32(26)27)33(28,29)30/h3,5-6,9-11H,4,7-8H2,1-2H3,(H,26,27)(H2,28,29,30)(H2,20,22,23,24). The number of imidazole rings is 1. The average Bonchev–Trinajstić information content (AvgIpc) is 3.14. The van der Waals surface area contributed by atoms with Crippen molar-refractivity contribution in [3.8, 4) is 0 Å². The maximum absolute atomic E-state index is 11.2. The predicted molar refractivity (Wildman–Crippen MR) is 126 cm³/mol. The molecular weight excluding hydrogens is 494 g/mol. The second kappa shape index (κ2) is 10.9. The highest BCUT2D eigenvalue weighted by atomic mass is 35.5. The van der Waals surface area contributed by atoms with Gasteiger partial charge in [0.1, 0.15) is 0 Å². The van der Waals surface area contributed by atoms with Crippen molar-refractivity contribution in [2.75, 3.05) is 23.8 Å². The van der Waals surface area contributed by atoms with Gasteiger partial charge in [0.05, 0.1) is 12.9 Å². The molecule has 12 nitrogen and oxygen atoms in total. The summed E-state index contributed by atoms with van der Waals surface area (Å²) in [6, 6.07) is 7.25. The fraction of sp³-hybridized carbons (Fsp3) is 0.333. The summed E-state index contributed by atoms with van der Waals surface area (Å²) in [4.78, 5) is 51.6. The molecule has 1 atom stereocenters. The molecule has 0 bridgehead atoms. The summed E-state index contributed by atoms with van der Waals surface area (Å²) in [6.45, 7) is 4.08. The number of nitrogens with zero attached hydrogens (tertiary/aromatic N) is 4. The molecule has 2 heterocycles. The number of rotatable bonds is 10. The monoisotopic (exact) mass is 516 g/mol. The number of ether oxygens (including phenoxy) is 1. The Morgan fingerprint density at radius 2 is 2.12 bits per heavy atom. The van der Waals surface area contributed by atoms with Gasteiger partial charge in [0.15, 0.2) is 17.0 Å². The molecule has 0 saturated carbocycles. The lowest BCUT2D eigenvalue weighted by atomic mass is 10.3. The van der Waals surface area contributed by atoms with Crippen LogP contribution in [0.25, 0.3) is 11.2 Å². The third-order valence-corrected chi connectivity index (χ3v) is 6.93. The Bertz CT molecular complexity index is 1210. The summed E-state index contributed by atoms with van der Waals surface area (Å²) in [6.07, 6.45) is 1.94. The largest absolute Gasteiger partial charge is 0.601 e. The van der Waals surface area contributed by atoms with E-state index in [0.717, 1.165) is 5.69 Å². The highest BCUT2D eigenvalue weighted by molar-refractivity contribution is 7.82. The molecule has 33 heavy (non-hydrogen) atoms. The molecule has 1 unspecified atom stereocenters. The predicted octanol–water partition coefficient (Wildman–Crippen LogP) is 2.55. The number of nitrogens with one attached hydrogen (secondary N) is 2. The Labute approximate surface area is 195 Å². The van der Waals surface area contributed by atoms with Crippen LogP contribution in [-0.4, -0.2) is 52.6 Å². The van der Waals surface area contributed by atoms with Crippen LogP contribution in [0.4, 0.5) is 17.5 Å². The lowest BCUT2D eigenvalue weighted by Gasteiger charge is -2.12. The molecule has 178 valence electrons. The summed E-state index contributed by atoms with van der Waals surface area (Å²) in [5.74, 6) is 0.761. The van der Waals surface area contributed by atoms with Gasteiger partial charge in [0.2, 0.25) is 5.95 Å². The smallest absolute Gasteiger partial charge is 0.425 e. The summed E-state index contributed by atoms with van der Waals surface area (Å²) in [7, 11) is -8.19.